The van der Waals surface area contributed by atoms with Crippen LogP contribution in [-0.4, -0.2) is 12.6 Å². The quantitative estimate of drug-likeness (QED) is 0.888. The molecule has 0 saturated heterocycles. The van der Waals surface area contributed by atoms with Crippen molar-refractivity contribution in [1.29, 1.82) is 0 Å². The van der Waals surface area contributed by atoms with E-state index in [9.17, 15) is 13.2 Å². The summed E-state index contributed by atoms with van der Waals surface area (Å²) in [6, 6.07) is 4.02. The van der Waals surface area contributed by atoms with Crippen molar-refractivity contribution in [2.75, 3.05) is 7.11 Å². The summed E-state index contributed by atoms with van der Waals surface area (Å²) < 4.78 is 43.4. The standard InChI is InChI=1S/C12H14F3NO/c1-17-9-3-2-8(7-11(16)4-5-11)10(6-9)12(13,14)15/h2-3,6H,4-5,7,16H2,1H3. The first-order valence-electron chi connectivity index (χ1n) is 5.37. The average molecular weight is 245 g/mol. The fourth-order valence-corrected chi connectivity index (χ4v) is 1.82. The lowest BCUT2D eigenvalue weighted by Crippen LogP contribution is -2.26. The highest BCUT2D eigenvalue weighted by Crippen LogP contribution is 2.40. The molecule has 1 aliphatic carbocycles. The van der Waals surface area contributed by atoms with Gasteiger partial charge in [-0.3, -0.25) is 0 Å². The minimum atomic E-state index is -4.37. The molecule has 0 radical (unpaired) electrons. The predicted molar refractivity (Wildman–Crippen MR) is 57.9 cm³/mol. The summed E-state index contributed by atoms with van der Waals surface area (Å²) in [5.41, 5.74) is 5.03. The number of nitrogens with two attached hydrogens (primary N) is 1. The number of methoxy groups -OCH3 is 1. The normalized spacial score (nSPS) is 17.9. The van der Waals surface area contributed by atoms with E-state index < -0.39 is 17.3 Å². The molecule has 0 aliphatic heterocycles. The highest BCUT2D eigenvalue weighted by molar-refractivity contribution is 5.39. The first-order valence-corrected chi connectivity index (χ1v) is 5.37. The van der Waals surface area contributed by atoms with Gasteiger partial charge in [0.2, 0.25) is 0 Å². The Morgan fingerprint density at radius 2 is 2.00 bits per heavy atom. The molecule has 94 valence electrons. The molecule has 2 rings (SSSR count). The van der Waals surface area contributed by atoms with Gasteiger partial charge in [0, 0.05) is 5.54 Å². The average Bonchev–Trinajstić information content (AvgIpc) is 2.95. The number of hydrogen-bond acceptors (Lipinski definition) is 2. The summed E-state index contributed by atoms with van der Waals surface area (Å²) in [6.07, 6.45) is -2.52. The molecule has 1 aliphatic rings. The zero-order valence-corrected chi connectivity index (χ0v) is 9.47. The van der Waals surface area contributed by atoms with Gasteiger partial charge in [-0.15, -0.1) is 0 Å². The smallest absolute Gasteiger partial charge is 0.416 e. The Morgan fingerprint density at radius 3 is 2.47 bits per heavy atom. The molecule has 0 amide bonds. The van der Waals surface area contributed by atoms with Crippen molar-refractivity contribution >= 4 is 0 Å². The third-order valence-electron chi connectivity index (χ3n) is 3.06. The molecule has 0 spiro atoms. The molecule has 0 atom stereocenters. The van der Waals surface area contributed by atoms with Crippen molar-refractivity contribution in [2.24, 2.45) is 5.73 Å². The molecule has 0 bridgehead atoms. The van der Waals surface area contributed by atoms with Gasteiger partial charge in [0.05, 0.1) is 12.7 Å². The lowest BCUT2D eigenvalue weighted by molar-refractivity contribution is -0.138. The van der Waals surface area contributed by atoms with Crippen molar-refractivity contribution in [3.8, 4) is 5.75 Å². The second-order valence-electron chi connectivity index (χ2n) is 4.56. The molecule has 1 aromatic rings. The Bertz CT molecular complexity index is 424. The van der Waals surface area contributed by atoms with Crippen LogP contribution in [0.1, 0.15) is 24.0 Å². The Labute approximate surface area is 97.6 Å². The number of hydrogen-bond donors (Lipinski definition) is 1. The van der Waals surface area contributed by atoms with E-state index in [2.05, 4.69) is 0 Å². The van der Waals surface area contributed by atoms with Gasteiger partial charge in [-0.2, -0.15) is 13.2 Å². The van der Waals surface area contributed by atoms with E-state index in [1.165, 1.54) is 19.2 Å². The van der Waals surface area contributed by atoms with Crippen molar-refractivity contribution in [3.05, 3.63) is 29.3 Å². The molecule has 0 aromatic heterocycles. The highest BCUT2D eigenvalue weighted by Gasteiger charge is 2.41. The fraction of sp³-hybridized carbons (Fsp3) is 0.500. The molecule has 1 fully saturated rings. The third-order valence-corrected chi connectivity index (χ3v) is 3.06. The van der Waals surface area contributed by atoms with E-state index in [0.29, 0.717) is 0 Å². The molecule has 2 N–H and O–H groups in total. The summed E-state index contributed by atoms with van der Waals surface area (Å²) >= 11 is 0. The molecule has 0 unspecified atom stereocenters. The van der Waals surface area contributed by atoms with Crippen molar-refractivity contribution in [1.82, 2.24) is 0 Å². The fourth-order valence-electron chi connectivity index (χ4n) is 1.82. The first kappa shape index (κ1) is 12.2. The van der Waals surface area contributed by atoms with Crippen LogP contribution in [0.2, 0.25) is 0 Å². The Kier molecular flexibility index (Phi) is 2.81. The summed E-state index contributed by atoms with van der Waals surface area (Å²) in [5.74, 6) is 0.211. The van der Waals surface area contributed by atoms with Gasteiger partial charge in [0.1, 0.15) is 5.75 Å². The Morgan fingerprint density at radius 1 is 1.35 bits per heavy atom. The van der Waals surface area contributed by atoms with Crippen LogP contribution in [-0.2, 0) is 12.6 Å². The van der Waals surface area contributed by atoms with E-state index in [-0.39, 0.29) is 17.7 Å². The summed E-state index contributed by atoms with van der Waals surface area (Å²) in [5, 5.41) is 0. The zero-order chi connectivity index (χ0) is 12.7. The monoisotopic (exact) mass is 245 g/mol. The lowest BCUT2D eigenvalue weighted by Gasteiger charge is -2.16. The molecular weight excluding hydrogens is 231 g/mol. The van der Waals surface area contributed by atoms with E-state index in [0.717, 1.165) is 18.9 Å². The number of alkyl halides is 3. The molecular formula is C12H14F3NO. The molecule has 1 aromatic carbocycles. The number of rotatable bonds is 3. The van der Waals surface area contributed by atoms with Crippen LogP contribution in [0.4, 0.5) is 13.2 Å². The maximum absolute atomic E-state index is 12.9. The summed E-state index contributed by atoms with van der Waals surface area (Å²) in [6.45, 7) is 0. The Balaban J connectivity index is 2.36. The molecule has 17 heavy (non-hydrogen) atoms. The topological polar surface area (TPSA) is 35.2 Å². The van der Waals surface area contributed by atoms with E-state index in [1.54, 1.807) is 0 Å². The second-order valence-corrected chi connectivity index (χ2v) is 4.56. The highest BCUT2D eigenvalue weighted by atomic mass is 19.4. The van der Waals surface area contributed by atoms with Gasteiger partial charge in [-0.25, -0.2) is 0 Å². The largest absolute Gasteiger partial charge is 0.497 e. The molecule has 0 heterocycles. The summed E-state index contributed by atoms with van der Waals surface area (Å²) in [4.78, 5) is 0. The Hall–Kier alpha value is -1.23. The molecule has 1 saturated carbocycles. The lowest BCUT2D eigenvalue weighted by atomic mass is 9.98. The van der Waals surface area contributed by atoms with Crippen LogP contribution in [0, 0.1) is 0 Å². The van der Waals surface area contributed by atoms with Crippen molar-refractivity contribution < 1.29 is 17.9 Å². The van der Waals surface area contributed by atoms with Crippen molar-refractivity contribution in [2.45, 2.75) is 31.0 Å². The second kappa shape index (κ2) is 3.91. The first-order chi connectivity index (χ1) is 7.84. The minimum absolute atomic E-state index is 0.211. The van der Waals surface area contributed by atoms with Crippen LogP contribution in [0.15, 0.2) is 18.2 Å². The summed E-state index contributed by atoms with van der Waals surface area (Å²) in [7, 11) is 1.35. The van der Waals surface area contributed by atoms with E-state index in [1.807, 2.05) is 0 Å². The maximum atomic E-state index is 12.9. The number of halogens is 3. The van der Waals surface area contributed by atoms with Gasteiger partial charge in [0.25, 0.3) is 0 Å². The van der Waals surface area contributed by atoms with Crippen LogP contribution in [0.3, 0.4) is 0 Å². The number of ether oxygens (including phenoxy) is 1. The number of benzene rings is 1. The van der Waals surface area contributed by atoms with Crippen LogP contribution < -0.4 is 10.5 Å². The van der Waals surface area contributed by atoms with Crippen molar-refractivity contribution in [3.63, 3.8) is 0 Å². The van der Waals surface area contributed by atoms with Crippen LogP contribution >= 0.6 is 0 Å². The van der Waals surface area contributed by atoms with E-state index in [4.69, 9.17) is 10.5 Å². The van der Waals surface area contributed by atoms with Gasteiger partial charge in [0.15, 0.2) is 0 Å². The van der Waals surface area contributed by atoms with Gasteiger partial charge in [-0.05, 0) is 37.0 Å². The molecule has 5 heteroatoms. The third kappa shape index (κ3) is 2.72. The van der Waals surface area contributed by atoms with Crippen LogP contribution in [0.25, 0.3) is 0 Å². The van der Waals surface area contributed by atoms with E-state index >= 15 is 0 Å². The predicted octanol–water partition coefficient (Wildman–Crippen LogP) is 2.75. The molecule has 2 nitrogen and oxygen atoms in total. The van der Waals surface area contributed by atoms with Gasteiger partial charge in [-0.1, -0.05) is 6.07 Å². The maximum Gasteiger partial charge on any atom is 0.416 e. The SMILES string of the molecule is COc1ccc(CC2(N)CC2)c(C(F)(F)F)c1. The van der Waals surface area contributed by atoms with Gasteiger partial charge >= 0.3 is 6.18 Å². The van der Waals surface area contributed by atoms with Crippen LogP contribution in [0.5, 0.6) is 5.75 Å². The minimum Gasteiger partial charge on any atom is -0.497 e. The van der Waals surface area contributed by atoms with Gasteiger partial charge < -0.3 is 10.5 Å². The zero-order valence-electron chi connectivity index (χ0n) is 9.47.